The van der Waals surface area contributed by atoms with Gasteiger partial charge in [0.25, 0.3) is 0 Å². The Morgan fingerprint density at radius 3 is 2.59 bits per heavy atom. The maximum absolute atomic E-state index is 11.5. The first-order chi connectivity index (χ1) is 8.20. The summed E-state index contributed by atoms with van der Waals surface area (Å²) in [6, 6.07) is 0.519. The molecule has 0 aliphatic carbocycles. The molecule has 2 rings (SSSR count). The monoisotopic (exact) mass is 240 g/mol. The lowest BCUT2D eigenvalue weighted by Gasteiger charge is -2.32. The van der Waals surface area contributed by atoms with Crippen molar-refractivity contribution in [3.8, 4) is 0 Å². The second kappa shape index (κ2) is 5.03. The van der Waals surface area contributed by atoms with Gasteiger partial charge in [-0.1, -0.05) is 5.10 Å². The van der Waals surface area contributed by atoms with Crippen LogP contribution in [0, 0.1) is 6.92 Å². The molecule has 1 aromatic rings. The fourth-order valence-electron chi connectivity index (χ4n) is 1.71. The zero-order valence-corrected chi connectivity index (χ0v) is 10.0. The lowest BCUT2D eigenvalue weighted by Crippen LogP contribution is -2.49. The zero-order chi connectivity index (χ0) is 12.3. The zero-order valence-electron chi connectivity index (χ0n) is 10.0. The second-order valence-electron chi connectivity index (χ2n) is 3.78. The van der Waals surface area contributed by atoms with Crippen molar-refractivity contribution in [2.45, 2.75) is 13.8 Å². The summed E-state index contributed by atoms with van der Waals surface area (Å²) in [4.78, 5) is 15.1. The standard InChI is InChI=1S/C10H16N4O3/c1-3-16-10(15)14-6-4-13(5-7-14)9-12-11-8(2)17-9/h3-7H2,1-2H3. The van der Waals surface area contributed by atoms with Crippen LogP contribution in [0.1, 0.15) is 12.8 Å². The molecule has 0 saturated carbocycles. The fourth-order valence-corrected chi connectivity index (χ4v) is 1.71. The van der Waals surface area contributed by atoms with E-state index in [9.17, 15) is 4.79 Å². The summed E-state index contributed by atoms with van der Waals surface area (Å²) in [6.07, 6.45) is -0.256. The van der Waals surface area contributed by atoms with Crippen molar-refractivity contribution in [1.29, 1.82) is 0 Å². The van der Waals surface area contributed by atoms with Gasteiger partial charge in [-0.05, 0) is 6.92 Å². The fraction of sp³-hybridized carbons (Fsp3) is 0.700. The highest BCUT2D eigenvalue weighted by molar-refractivity contribution is 5.68. The predicted molar refractivity (Wildman–Crippen MR) is 59.8 cm³/mol. The van der Waals surface area contributed by atoms with Gasteiger partial charge in [-0.15, -0.1) is 5.10 Å². The molecule has 0 atom stereocenters. The molecule has 7 heteroatoms. The largest absolute Gasteiger partial charge is 0.450 e. The molecule has 94 valence electrons. The van der Waals surface area contributed by atoms with Crippen molar-refractivity contribution in [2.24, 2.45) is 0 Å². The van der Waals surface area contributed by atoms with Gasteiger partial charge >= 0.3 is 12.1 Å². The Hall–Kier alpha value is -1.79. The van der Waals surface area contributed by atoms with Crippen molar-refractivity contribution < 1.29 is 13.9 Å². The SMILES string of the molecule is CCOC(=O)N1CCN(c2nnc(C)o2)CC1. The number of nitrogens with zero attached hydrogens (tertiary/aromatic N) is 4. The molecule has 0 bridgehead atoms. The second-order valence-corrected chi connectivity index (χ2v) is 3.78. The number of aromatic nitrogens is 2. The predicted octanol–water partition coefficient (Wildman–Crippen LogP) is 0.657. The third-order valence-corrected chi connectivity index (χ3v) is 2.59. The van der Waals surface area contributed by atoms with Gasteiger partial charge < -0.3 is 19.0 Å². The van der Waals surface area contributed by atoms with Crippen LogP contribution in [0.2, 0.25) is 0 Å². The molecule has 17 heavy (non-hydrogen) atoms. The van der Waals surface area contributed by atoms with Crippen LogP contribution in [-0.2, 0) is 4.74 Å². The number of hydrogen-bond acceptors (Lipinski definition) is 6. The van der Waals surface area contributed by atoms with E-state index in [0.29, 0.717) is 44.7 Å². The Labute approximate surface area is 99.3 Å². The Morgan fingerprint density at radius 1 is 1.35 bits per heavy atom. The van der Waals surface area contributed by atoms with Gasteiger partial charge in [0.2, 0.25) is 5.89 Å². The van der Waals surface area contributed by atoms with E-state index in [1.165, 1.54) is 0 Å². The minimum absolute atomic E-state index is 0.256. The number of rotatable bonds is 2. The molecule has 0 radical (unpaired) electrons. The molecule has 0 unspecified atom stereocenters. The van der Waals surface area contributed by atoms with Crippen molar-refractivity contribution in [2.75, 3.05) is 37.7 Å². The van der Waals surface area contributed by atoms with Crippen LogP contribution in [0.5, 0.6) is 0 Å². The molecule has 0 aromatic carbocycles. The lowest BCUT2D eigenvalue weighted by atomic mass is 10.3. The molecule has 1 aromatic heterocycles. The Kier molecular flexibility index (Phi) is 3.46. The van der Waals surface area contributed by atoms with E-state index < -0.39 is 0 Å². The van der Waals surface area contributed by atoms with Crippen LogP contribution in [0.3, 0.4) is 0 Å². The minimum atomic E-state index is -0.256. The first-order valence-electron chi connectivity index (χ1n) is 5.67. The number of amides is 1. The highest BCUT2D eigenvalue weighted by Crippen LogP contribution is 2.14. The van der Waals surface area contributed by atoms with E-state index >= 15 is 0 Å². The third kappa shape index (κ3) is 2.66. The molecular weight excluding hydrogens is 224 g/mol. The van der Waals surface area contributed by atoms with Crippen molar-refractivity contribution in [3.63, 3.8) is 0 Å². The summed E-state index contributed by atoms with van der Waals surface area (Å²) in [6.45, 7) is 6.55. The average molecular weight is 240 g/mol. The normalized spacial score (nSPS) is 16.1. The maximum Gasteiger partial charge on any atom is 0.409 e. The first kappa shape index (κ1) is 11.7. The number of carbonyl (C=O) groups excluding carboxylic acids is 1. The van der Waals surface area contributed by atoms with E-state index in [0.717, 1.165) is 0 Å². The molecule has 0 spiro atoms. The van der Waals surface area contributed by atoms with Crippen LogP contribution >= 0.6 is 0 Å². The van der Waals surface area contributed by atoms with Gasteiger partial charge in [-0.25, -0.2) is 4.79 Å². The summed E-state index contributed by atoms with van der Waals surface area (Å²) in [7, 11) is 0. The van der Waals surface area contributed by atoms with Crippen LogP contribution in [-0.4, -0.2) is 54.0 Å². The number of ether oxygens (including phenoxy) is 1. The molecular formula is C10H16N4O3. The van der Waals surface area contributed by atoms with Crippen molar-refractivity contribution in [1.82, 2.24) is 15.1 Å². The molecule has 1 saturated heterocycles. The van der Waals surface area contributed by atoms with Crippen molar-refractivity contribution in [3.05, 3.63) is 5.89 Å². The van der Waals surface area contributed by atoms with Gasteiger partial charge in [-0.3, -0.25) is 0 Å². The Balaban J connectivity index is 1.88. The number of carbonyl (C=O) groups is 1. The highest BCUT2D eigenvalue weighted by Gasteiger charge is 2.24. The van der Waals surface area contributed by atoms with Gasteiger partial charge in [-0.2, -0.15) is 0 Å². The van der Waals surface area contributed by atoms with Crippen LogP contribution in [0.4, 0.5) is 10.8 Å². The molecule has 2 heterocycles. The summed E-state index contributed by atoms with van der Waals surface area (Å²) < 4.78 is 10.3. The number of hydrogen-bond donors (Lipinski definition) is 0. The van der Waals surface area contributed by atoms with Gasteiger partial charge in [0.05, 0.1) is 6.61 Å². The Morgan fingerprint density at radius 2 is 2.06 bits per heavy atom. The van der Waals surface area contributed by atoms with E-state index in [1.54, 1.807) is 18.7 Å². The summed E-state index contributed by atoms with van der Waals surface area (Å²) in [5.41, 5.74) is 0. The number of piperazine rings is 1. The van der Waals surface area contributed by atoms with E-state index in [4.69, 9.17) is 9.15 Å². The van der Waals surface area contributed by atoms with Gasteiger partial charge in [0.15, 0.2) is 0 Å². The minimum Gasteiger partial charge on any atom is -0.450 e. The quantitative estimate of drug-likeness (QED) is 0.756. The summed E-state index contributed by atoms with van der Waals surface area (Å²) in [5, 5.41) is 7.73. The lowest BCUT2D eigenvalue weighted by molar-refractivity contribution is 0.104. The van der Waals surface area contributed by atoms with Crippen LogP contribution < -0.4 is 4.90 Å². The molecule has 0 N–H and O–H groups in total. The Bertz CT molecular complexity index is 385. The van der Waals surface area contributed by atoms with Gasteiger partial charge in [0, 0.05) is 33.1 Å². The summed E-state index contributed by atoms with van der Waals surface area (Å²) >= 11 is 0. The number of aryl methyl sites for hydroxylation is 1. The molecule has 1 aliphatic heterocycles. The van der Waals surface area contributed by atoms with Gasteiger partial charge in [0.1, 0.15) is 0 Å². The van der Waals surface area contributed by atoms with Crippen LogP contribution in [0.25, 0.3) is 0 Å². The molecule has 1 fully saturated rings. The number of anilines is 1. The van der Waals surface area contributed by atoms with E-state index in [2.05, 4.69) is 10.2 Å². The van der Waals surface area contributed by atoms with Crippen molar-refractivity contribution >= 4 is 12.1 Å². The van der Waals surface area contributed by atoms with Crippen LogP contribution in [0.15, 0.2) is 4.42 Å². The van der Waals surface area contributed by atoms with E-state index in [1.807, 2.05) is 4.90 Å². The molecule has 1 aliphatic rings. The van der Waals surface area contributed by atoms with E-state index in [-0.39, 0.29) is 6.09 Å². The highest BCUT2D eigenvalue weighted by atomic mass is 16.6. The topological polar surface area (TPSA) is 71.7 Å². The smallest absolute Gasteiger partial charge is 0.409 e. The average Bonchev–Trinajstić information content (AvgIpc) is 2.76. The summed E-state index contributed by atoms with van der Waals surface area (Å²) in [5.74, 6) is 0.549. The first-order valence-corrected chi connectivity index (χ1v) is 5.67. The third-order valence-electron chi connectivity index (χ3n) is 2.59. The maximum atomic E-state index is 11.5. The molecule has 7 nitrogen and oxygen atoms in total. The molecule has 1 amide bonds.